The fraction of sp³-hybridized carbons (Fsp3) is 0.364. The van der Waals surface area contributed by atoms with Crippen molar-refractivity contribution in [1.82, 2.24) is 15.5 Å². The molecule has 0 radical (unpaired) electrons. The number of piperidine rings is 1. The van der Waals surface area contributed by atoms with E-state index in [1.165, 1.54) is 0 Å². The molecule has 0 saturated carbocycles. The van der Waals surface area contributed by atoms with Crippen molar-refractivity contribution < 1.29 is 9.59 Å². The first kappa shape index (κ1) is 21.9. The first-order valence-corrected chi connectivity index (χ1v) is 9.53. The third-order valence-corrected chi connectivity index (χ3v) is 5.01. The minimum Gasteiger partial charge on any atom is -0.340 e. The molecule has 2 aromatic rings. The average Bonchev–Trinajstić information content (AvgIpc) is 2.73. The van der Waals surface area contributed by atoms with Gasteiger partial charge in [0.1, 0.15) is 6.04 Å². The van der Waals surface area contributed by atoms with Crippen molar-refractivity contribution in [2.45, 2.75) is 18.9 Å². The summed E-state index contributed by atoms with van der Waals surface area (Å²) in [6.07, 6.45) is 2.11. The summed E-state index contributed by atoms with van der Waals surface area (Å²) in [5, 5.41) is 6.15. The maximum Gasteiger partial charge on any atom is 0.252 e. The highest BCUT2D eigenvalue weighted by Gasteiger charge is 2.31. The summed E-state index contributed by atoms with van der Waals surface area (Å²) < 4.78 is 0. The molecule has 1 aliphatic heterocycles. The van der Waals surface area contributed by atoms with Crippen molar-refractivity contribution in [2.24, 2.45) is 5.92 Å². The number of rotatable bonds is 6. The van der Waals surface area contributed by atoms with Crippen LogP contribution in [0.1, 0.15) is 34.8 Å². The van der Waals surface area contributed by atoms with Gasteiger partial charge in [0.15, 0.2) is 0 Å². The molecule has 150 valence electrons. The summed E-state index contributed by atoms with van der Waals surface area (Å²) in [6.45, 7) is 2.37. The van der Waals surface area contributed by atoms with Crippen molar-refractivity contribution in [1.29, 1.82) is 0 Å². The molecule has 2 atom stereocenters. The predicted molar refractivity (Wildman–Crippen MR) is 114 cm³/mol. The zero-order valence-electron chi connectivity index (χ0n) is 16.1. The summed E-state index contributed by atoms with van der Waals surface area (Å²) in [6, 6.07) is 17.8. The highest BCUT2D eigenvalue weighted by atomic mass is 35.5. The Morgan fingerprint density at radius 2 is 1.71 bits per heavy atom. The standard InChI is InChI=1S/C22H27N3O2.ClH/c1-23-15-17-9-8-14-25(16-17)22(27)20(18-10-4-2-5-11-18)24-21(26)19-12-6-3-7-13-19;/h2-7,10-13,17,20,23H,8-9,14-16H2,1H3,(H,24,26);1H. The molecule has 1 heterocycles. The van der Waals surface area contributed by atoms with Gasteiger partial charge in [-0.25, -0.2) is 0 Å². The first-order valence-electron chi connectivity index (χ1n) is 9.53. The SMILES string of the molecule is CNCC1CCCN(C(=O)C(NC(=O)c2ccccc2)c2ccccc2)C1.Cl. The van der Waals surface area contributed by atoms with Crippen LogP contribution in [0.3, 0.4) is 0 Å². The number of hydrogen-bond acceptors (Lipinski definition) is 3. The topological polar surface area (TPSA) is 61.4 Å². The zero-order chi connectivity index (χ0) is 19.1. The van der Waals surface area contributed by atoms with Crippen LogP contribution in [0.5, 0.6) is 0 Å². The van der Waals surface area contributed by atoms with Crippen LogP contribution in [-0.2, 0) is 4.79 Å². The number of nitrogens with one attached hydrogen (secondary N) is 2. The number of hydrogen-bond donors (Lipinski definition) is 2. The number of carbonyl (C=O) groups excluding carboxylic acids is 2. The van der Waals surface area contributed by atoms with Crippen LogP contribution in [0.15, 0.2) is 60.7 Å². The molecule has 2 unspecified atom stereocenters. The van der Waals surface area contributed by atoms with E-state index in [0.29, 0.717) is 11.5 Å². The van der Waals surface area contributed by atoms with Gasteiger partial charge in [0.05, 0.1) is 0 Å². The Kier molecular flexibility index (Phi) is 8.48. The number of halogens is 1. The van der Waals surface area contributed by atoms with Crippen molar-refractivity contribution in [3.63, 3.8) is 0 Å². The quantitative estimate of drug-likeness (QED) is 0.782. The minimum absolute atomic E-state index is 0. The van der Waals surface area contributed by atoms with E-state index in [9.17, 15) is 9.59 Å². The lowest BCUT2D eigenvalue weighted by molar-refractivity contribution is -0.135. The highest BCUT2D eigenvalue weighted by Crippen LogP contribution is 2.22. The van der Waals surface area contributed by atoms with E-state index in [4.69, 9.17) is 0 Å². The van der Waals surface area contributed by atoms with Gasteiger partial charge >= 0.3 is 0 Å². The van der Waals surface area contributed by atoms with Gasteiger partial charge in [-0.3, -0.25) is 9.59 Å². The summed E-state index contributed by atoms with van der Waals surface area (Å²) in [7, 11) is 1.94. The third kappa shape index (κ3) is 5.57. The van der Waals surface area contributed by atoms with Crippen LogP contribution in [-0.4, -0.2) is 43.4 Å². The highest BCUT2D eigenvalue weighted by molar-refractivity contribution is 5.97. The van der Waals surface area contributed by atoms with Crippen molar-refractivity contribution >= 4 is 24.2 Å². The molecular formula is C22H28ClN3O2. The van der Waals surface area contributed by atoms with Gasteiger partial charge in [0.25, 0.3) is 5.91 Å². The van der Waals surface area contributed by atoms with Crippen LogP contribution in [0, 0.1) is 5.92 Å². The van der Waals surface area contributed by atoms with Gasteiger partial charge in [0.2, 0.25) is 5.91 Å². The molecular weight excluding hydrogens is 374 g/mol. The molecule has 0 aliphatic carbocycles. The average molecular weight is 402 g/mol. The van der Waals surface area contributed by atoms with E-state index < -0.39 is 6.04 Å². The predicted octanol–water partition coefficient (Wildman–Crippen LogP) is 3.04. The van der Waals surface area contributed by atoms with Crippen LogP contribution in [0.25, 0.3) is 0 Å². The van der Waals surface area contributed by atoms with Crippen molar-refractivity contribution in [3.05, 3.63) is 71.8 Å². The fourth-order valence-electron chi connectivity index (χ4n) is 3.64. The molecule has 28 heavy (non-hydrogen) atoms. The molecule has 2 N–H and O–H groups in total. The van der Waals surface area contributed by atoms with Gasteiger partial charge in [-0.2, -0.15) is 0 Å². The number of likely N-dealkylation sites (tertiary alicyclic amines) is 1. The molecule has 1 fully saturated rings. The number of carbonyl (C=O) groups is 2. The summed E-state index contributed by atoms with van der Waals surface area (Å²) >= 11 is 0. The maximum atomic E-state index is 13.3. The van der Waals surface area contributed by atoms with Gasteiger partial charge in [-0.05, 0) is 50.0 Å². The van der Waals surface area contributed by atoms with E-state index in [0.717, 1.165) is 38.0 Å². The number of benzene rings is 2. The van der Waals surface area contributed by atoms with Gasteiger partial charge < -0.3 is 15.5 Å². The fourth-order valence-corrected chi connectivity index (χ4v) is 3.64. The summed E-state index contributed by atoms with van der Waals surface area (Å²) in [5.41, 5.74) is 1.36. The second-order valence-electron chi connectivity index (χ2n) is 7.03. The Morgan fingerprint density at radius 3 is 2.36 bits per heavy atom. The zero-order valence-corrected chi connectivity index (χ0v) is 17.0. The second-order valence-corrected chi connectivity index (χ2v) is 7.03. The molecule has 3 rings (SSSR count). The second kappa shape index (κ2) is 10.8. The molecule has 5 nitrogen and oxygen atoms in total. The number of amides is 2. The molecule has 2 amide bonds. The molecule has 2 aromatic carbocycles. The Morgan fingerprint density at radius 1 is 1.07 bits per heavy atom. The molecule has 0 bridgehead atoms. The Balaban J connectivity index is 0.00000280. The van der Waals surface area contributed by atoms with E-state index >= 15 is 0 Å². The number of nitrogens with zero attached hydrogens (tertiary/aromatic N) is 1. The molecule has 1 aliphatic rings. The normalized spacial score (nSPS) is 17.3. The van der Waals surface area contributed by atoms with Crippen LogP contribution < -0.4 is 10.6 Å². The lowest BCUT2D eigenvalue weighted by Crippen LogP contribution is -2.48. The smallest absolute Gasteiger partial charge is 0.252 e. The van der Waals surface area contributed by atoms with Crippen LogP contribution >= 0.6 is 12.4 Å². The Bertz CT molecular complexity index is 753. The van der Waals surface area contributed by atoms with E-state index in [1.807, 2.05) is 60.5 Å². The molecule has 0 spiro atoms. The lowest BCUT2D eigenvalue weighted by Gasteiger charge is -2.35. The van der Waals surface area contributed by atoms with Gasteiger partial charge in [-0.1, -0.05) is 48.5 Å². The van der Waals surface area contributed by atoms with Gasteiger partial charge in [0, 0.05) is 18.7 Å². The molecule has 0 aromatic heterocycles. The van der Waals surface area contributed by atoms with Crippen LogP contribution in [0.4, 0.5) is 0 Å². The van der Waals surface area contributed by atoms with E-state index in [1.54, 1.807) is 12.1 Å². The third-order valence-electron chi connectivity index (χ3n) is 5.01. The van der Waals surface area contributed by atoms with Gasteiger partial charge in [-0.15, -0.1) is 12.4 Å². The lowest BCUT2D eigenvalue weighted by atomic mass is 9.96. The maximum absolute atomic E-state index is 13.3. The van der Waals surface area contributed by atoms with E-state index in [-0.39, 0.29) is 24.2 Å². The van der Waals surface area contributed by atoms with Crippen molar-refractivity contribution in [2.75, 3.05) is 26.7 Å². The summed E-state index contributed by atoms with van der Waals surface area (Å²) in [5.74, 6) is 0.182. The Labute approximate surface area is 172 Å². The molecule has 1 saturated heterocycles. The first-order chi connectivity index (χ1) is 13.2. The molecule has 6 heteroatoms. The minimum atomic E-state index is -0.674. The van der Waals surface area contributed by atoms with E-state index in [2.05, 4.69) is 10.6 Å². The summed E-state index contributed by atoms with van der Waals surface area (Å²) in [4.78, 5) is 27.9. The Hall–Kier alpha value is -2.37. The van der Waals surface area contributed by atoms with Crippen LogP contribution in [0.2, 0.25) is 0 Å². The monoisotopic (exact) mass is 401 g/mol. The largest absolute Gasteiger partial charge is 0.340 e. The van der Waals surface area contributed by atoms with Crippen molar-refractivity contribution in [3.8, 4) is 0 Å².